The number of rotatable bonds is 18. The van der Waals surface area contributed by atoms with E-state index in [1.54, 1.807) is 27.5 Å². The van der Waals surface area contributed by atoms with Crippen LogP contribution in [0.2, 0.25) is 10.0 Å². The number of aliphatic carboxylic acids is 1. The highest BCUT2D eigenvalue weighted by Crippen LogP contribution is 2.36. The molecule has 3 heterocycles. The summed E-state index contributed by atoms with van der Waals surface area (Å²) in [6.45, 7) is 9.18. The van der Waals surface area contributed by atoms with E-state index >= 15 is 0 Å². The number of Topliss-reactive ketones (excluding diaryl/α,β-unsaturated/α-hetero) is 3. The number of methoxy groups -OCH3 is 1. The molecule has 3 unspecified atom stereocenters. The number of carbonyl (C=O) groups is 6. The average Bonchev–Trinajstić information content (AvgIpc) is 1.54. The van der Waals surface area contributed by atoms with Crippen molar-refractivity contribution in [1.29, 1.82) is 0 Å². The van der Waals surface area contributed by atoms with E-state index in [1.165, 1.54) is 10.7 Å². The van der Waals surface area contributed by atoms with Crippen molar-refractivity contribution in [2.24, 2.45) is 5.92 Å². The summed E-state index contributed by atoms with van der Waals surface area (Å²) >= 11 is 29.3. The Morgan fingerprint density at radius 1 is 0.979 bits per heavy atom. The van der Waals surface area contributed by atoms with Gasteiger partial charge in [0.2, 0.25) is 5.91 Å². The van der Waals surface area contributed by atoms with Crippen molar-refractivity contribution < 1.29 is 75.8 Å². The van der Waals surface area contributed by atoms with Gasteiger partial charge < -0.3 is 43.5 Å². The Labute approximate surface area is 573 Å². The summed E-state index contributed by atoms with van der Waals surface area (Å²) in [7, 11) is -5.77. The number of nitro benzene ring substituents is 1. The maximum absolute atomic E-state index is 12.5. The van der Waals surface area contributed by atoms with Crippen molar-refractivity contribution in [2.45, 2.75) is 101 Å². The van der Waals surface area contributed by atoms with Crippen LogP contribution in [0.5, 0.6) is 11.5 Å². The number of halogens is 5. The van der Waals surface area contributed by atoms with Gasteiger partial charge in [0.1, 0.15) is 49.9 Å². The number of hydrogen-bond acceptors (Lipinski definition) is 18. The van der Waals surface area contributed by atoms with Gasteiger partial charge in [0, 0.05) is 51.3 Å². The minimum Gasteiger partial charge on any atom is -0.778 e. The summed E-state index contributed by atoms with van der Waals surface area (Å²) in [6.07, 6.45) is 16.1. The van der Waals surface area contributed by atoms with Crippen molar-refractivity contribution in [3.63, 3.8) is 0 Å². The van der Waals surface area contributed by atoms with Crippen molar-refractivity contribution in [1.82, 2.24) is 19.7 Å². The Balaban J connectivity index is 0.000000308. The number of aromatic nitrogens is 3. The van der Waals surface area contributed by atoms with Gasteiger partial charge in [0.05, 0.1) is 92.8 Å². The molecule has 3 atom stereocenters. The van der Waals surface area contributed by atoms with E-state index in [1.807, 2.05) is 62.5 Å². The van der Waals surface area contributed by atoms with Gasteiger partial charge in [-0.25, -0.2) is 13.2 Å². The number of benzene rings is 4. The maximum atomic E-state index is 12.5. The molecule has 2 amide bonds. The van der Waals surface area contributed by atoms with Crippen LogP contribution in [0.15, 0.2) is 82.5 Å². The lowest BCUT2D eigenvalue weighted by Crippen LogP contribution is -2.47. The number of carbonyl (C=O) groups excluding carboxylic acids is 5. The number of fused-ring (bicyclic) bond motifs is 2. The fourth-order valence-electron chi connectivity index (χ4n) is 9.29. The zero-order valence-electron chi connectivity index (χ0n) is 53.0. The number of anilines is 2. The normalized spacial score (nSPS) is 15.0. The van der Waals surface area contributed by atoms with Gasteiger partial charge in [-0.1, -0.05) is 89.6 Å². The SMILES string of the molecule is C#CCOc1cc(-n2nc3n(c2=O)CCCC3)c(Cl)cc1Cl.CC1COc2ccccc2N1C(=O)C(Cl)Cl.CCc1cccc(C)c1N(C(=O)CCl)C(C)COC.CS(=O)(=O)c1ccc(C(=O)C2C(=O)CCCC2=O)c([N+](=O)[O-])c1.C[S+](C)C.O=C(O)CNCP(=O)([O-])O. The van der Waals surface area contributed by atoms with E-state index in [9.17, 15) is 61.6 Å². The molecule has 8 rings (SSSR count). The smallest absolute Gasteiger partial charge is 0.350 e. The van der Waals surface area contributed by atoms with E-state index in [-0.39, 0.29) is 59.8 Å². The van der Waals surface area contributed by atoms with Crippen LogP contribution in [-0.2, 0) is 73.4 Å². The monoisotopic (exact) mass is 1460 g/mol. The molecule has 4 aromatic carbocycles. The number of nitrogens with one attached hydrogen (secondary N) is 1. The molecule has 0 saturated heterocycles. The molecule has 0 bridgehead atoms. The first kappa shape index (κ1) is 81.9. The van der Waals surface area contributed by atoms with Crippen molar-refractivity contribution in [3.8, 4) is 29.5 Å². The molecule has 514 valence electrons. The van der Waals surface area contributed by atoms with Gasteiger partial charge in [0.15, 0.2) is 32.0 Å². The second-order valence-electron chi connectivity index (χ2n) is 21.4. The Morgan fingerprint density at radius 3 is 2.16 bits per heavy atom. The lowest BCUT2D eigenvalue weighted by molar-refractivity contribution is -0.385. The number of carboxylic acid groups (broad SMARTS) is 1. The number of hydrogen-bond donors (Lipinski definition) is 3. The summed E-state index contributed by atoms with van der Waals surface area (Å²) in [5.41, 5.74) is 2.99. The van der Waals surface area contributed by atoms with Crippen LogP contribution in [0, 0.1) is 35.3 Å². The van der Waals surface area contributed by atoms with Gasteiger partial charge in [-0.3, -0.25) is 48.8 Å². The highest BCUT2D eigenvalue weighted by Gasteiger charge is 2.39. The van der Waals surface area contributed by atoms with E-state index in [2.05, 4.69) is 42.8 Å². The number of aryl methyl sites for hydroxylation is 3. The number of para-hydroxylation sites is 3. The predicted molar refractivity (Wildman–Crippen MR) is 363 cm³/mol. The second-order valence-corrected chi connectivity index (χ2v) is 29.6. The zero-order valence-corrected chi connectivity index (χ0v) is 59.3. The van der Waals surface area contributed by atoms with Crippen LogP contribution in [0.3, 0.4) is 0 Å². The third kappa shape index (κ3) is 24.7. The molecule has 1 aliphatic carbocycles. The molecule has 3 aliphatic rings. The number of ketones is 3. The zero-order chi connectivity index (χ0) is 70.9. The van der Waals surface area contributed by atoms with Crippen LogP contribution < -0.4 is 35.2 Å². The number of alkyl halides is 3. The Bertz CT molecular complexity index is 3750. The van der Waals surface area contributed by atoms with Crippen LogP contribution in [0.1, 0.15) is 80.2 Å². The summed E-state index contributed by atoms with van der Waals surface area (Å²) in [5.74, 6) is -1.02. The molecule has 1 fully saturated rings. The van der Waals surface area contributed by atoms with Crippen molar-refractivity contribution in [2.75, 3.05) is 80.5 Å². The molecule has 33 heteroatoms. The Hall–Kier alpha value is -6.38. The molecule has 1 aromatic heterocycles. The first-order chi connectivity index (χ1) is 44.1. The van der Waals surface area contributed by atoms with E-state index < -0.39 is 80.5 Å². The van der Waals surface area contributed by atoms with Crippen molar-refractivity contribution >= 4 is 139 Å². The second kappa shape index (κ2) is 39.0. The van der Waals surface area contributed by atoms with E-state index in [4.69, 9.17) is 88.6 Å². The number of amides is 2. The molecule has 5 aromatic rings. The third-order valence-corrected chi connectivity index (χ3v) is 16.3. The molecular weight excluding hydrogens is 1390 g/mol. The number of ether oxygens (including phenoxy) is 3. The fraction of sp³-hybridized carbons (Fsp3) is 0.443. The highest BCUT2D eigenvalue weighted by atomic mass is 35.5. The molecule has 94 heavy (non-hydrogen) atoms. The standard InChI is InChI=1S/C15H13Cl2N3O2.C15H22ClNO2.C14H13NO7S.C11H11Cl2NO2.C3H8NO5P.C3H9S/c1-2-7-22-13-9-12(10(16)8-11(13)17)20-15(21)19-6-4-3-5-14(19)18-20;1-5-13-8-6-7-11(2)15(13)17(14(18)9-16)12(3)10-19-4;1-23(21,22)8-5-6-9(10(7-8)15(19)20)14(18)13-11(16)3-2-4-12(13)17;1-7-6-16-9-5-3-2-4-8(9)14(7)11(15)10(12)13;5-3(6)1-4-2-10(7,8)9;1-4(2)3/h1,8-9H,3-7H2;6-8,12H,5,9-10H2,1-4H3;5-7,13H,2-4H2,1H3;2-5,7,10H,6H2,1H3;4H,1-2H2,(H,5,6)(H2,7,8,9);1-3H3/q;;;;;+1/p-1. The minimum absolute atomic E-state index is 0.0223. The number of nitrogens with zero attached hydrogens (tertiary/aromatic N) is 6. The largest absolute Gasteiger partial charge is 0.778 e. The molecule has 0 spiro atoms. The van der Waals surface area contributed by atoms with Crippen LogP contribution in [0.4, 0.5) is 17.1 Å². The lowest BCUT2D eigenvalue weighted by atomic mass is 9.81. The number of carboxylic acids is 1. The molecule has 0 radical (unpaired) electrons. The van der Waals surface area contributed by atoms with E-state index in [0.717, 1.165) is 78.5 Å². The first-order valence-corrected chi connectivity index (χ1v) is 36.9. The molecular formula is C61H75Cl5N7O18PS2. The molecule has 25 nitrogen and oxygen atoms in total. The van der Waals surface area contributed by atoms with Gasteiger partial charge in [-0.2, -0.15) is 4.68 Å². The van der Waals surface area contributed by atoms with Gasteiger partial charge in [-0.05, 0) is 98.8 Å². The Kier molecular flexibility index (Phi) is 33.9. The minimum atomic E-state index is -4.35. The Morgan fingerprint density at radius 2 is 1.62 bits per heavy atom. The maximum Gasteiger partial charge on any atom is 0.350 e. The van der Waals surface area contributed by atoms with Crippen LogP contribution in [0.25, 0.3) is 5.69 Å². The summed E-state index contributed by atoms with van der Waals surface area (Å²) in [5, 5.41) is 26.2. The molecule has 2 aliphatic heterocycles. The fourth-order valence-corrected chi connectivity index (χ4v) is 11.2. The molecule has 1 saturated carbocycles. The topological polar surface area (TPSA) is 346 Å². The predicted octanol–water partition coefficient (Wildman–Crippen LogP) is 8.23. The lowest BCUT2D eigenvalue weighted by Gasteiger charge is -2.35. The van der Waals surface area contributed by atoms with E-state index in [0.29, 0.717) is 64.3 Å². The highest BCUT2D eigenvalue weighted by molar-refractivity contribution is 7.94. The number of terminal acetylenes is 1. The van der Waals surface area contributed by atoms with Gasteiger partial charge in [0.25, 0.3) is 11.6 Å². The average molecular weight is 1470 g/mol. The molecule has 3 N–H and O–H groups in total. The summed E-state index contributed by atoms with van der Waals surface area (Å²) in [6, 6.07) is 19.2. The summed E-state index contributed by atoms with van der Waals surface area (Å²) < 4.78 is 51.9. The first-order valence-electron chi connectivity index (χ1n) is 28.6. The van der Waals surface area contributed by atoms with Gasteiger partial charge >= 0.3 is 11.7 Å². The summed E-state index contributed by atoms with van der Waals surface area (Å²) in [4.78, 5) is 113. The number of nitro groups is 1. The third-order valence-electron chi connectivity index (χ3n) is 13.4. The van der Waals surface area contributed by atoms with Crippen molar-refractivity contribution in [3.05, 3.63) is 126 Å². The quantitative estimate of drug-likeness (QED) is 0.0109. The van der Waals surface area contributed by atoms with Crippen LogP contribution >= 0.6 is 65.6 Å². The van der Waals surface area contributed by atoms with Crippen LogP contribution in [-0.4, -0.2) is 160 Å². The van der Waals surface area contributed by atoms with Gasteiger partial charge in [-0.15, -0.1) is 23.1 Å². The number of sulfone groups is 1.